The normalized spacial score (nSPS) is 11.2. The molecule has 4 heteroatoms. The van der Waals surface area contributed by atoms with E-state index in [-0.39, 0.29) is 0 Å². The van der Waals surface area contributed by atoms with Crippen molar-refractivity contribution in [3.63, 3.8) is 0 Å². The third-order valence-corrected chi connectivity index (χ3v) is 3.10. The van der Waals surface area contributed by atoms with E-state index in [0.717, 1.165) is 26.1 Å². The number of hydrogen-bond donors (Lipinski definition) is 1. The van der Waals surface area contributed by atoms with E-state index in [4.69, 9.17) is 4.74 Å². The lowest BCUT2D eigenvalue weighted by molar-refractivity contribution is 0.0810. The lowest BCUT2D eigenvalue weighted by atomic mass is 10.3. The zero-order valence-electron chi connectivity index (χ0n) is 9.75. The van der Waals surface area contributed by atoms with E-state index >= 15 is 0 Å². The second-order valence-corrected chi connectivity index (χ2v) is 4.72. The second kappa shape index (κ2) is 6.93. The van der Waals surface area contributed by atoms with Gasteiger partial charge < -0.3 is 10.1 Å². The number of aryl methyl sites for hydroxylation is 1. The molecule has 0 aromatic carbocycles. The van der Waals surface area contributed by atoms with Crippen molar-refractivity contribution in [3.05, 3.63) is 16.1 Å². The molecule has 0 amide bonds. The van der Waals surface area contributed by atoms with Crippen molar-refractivity contribution in [2.75, 3.05) is 19.7 Å². The van der Waals surface area contributed by atoms with E-state index in [9.17, 15) is 0 Å². The van der Waals surface area contributed by atoms with Gasteiger partial charge in [0.2, 0.25) is 0 Å². The second-order valence-electron chi connectivity index (χ2n) is 3.78. The molecule has 0 bridgehead atoms. The van der Waals surface area contributed by atoms with Gasteiger partial charge in [0.25, 0.3) is 0 Å². The van der Waals surface area contributed by atoms with Gasteiger partial charge in [-0.3, -0.25) is 0 Å². The van der Waals surface area contributed by atoms with Crippen LogP contribution < -0.4 is 5.32 Å². The molecule has 0 atom stereocenters. The number of ether oxygens (including phenoxy) is 1. The van der Waals surface area contributed by atoms with Gasteiger partial charge in [-0.15, -0.1) is 11.3 Å². The number of nitrogens with one attached hydrogen (secondary N) is 1. The van der Waals surface area contributed by atoms with Crippen molar-refractivity contribution < 1.29 is 4.74 Å². The minimum absolute atomic E-state index is 0.329. The predicted octanol–water partition coefficient (Wildman–Crippen LogP) is 2.01. The molecular weight excluding hydrogens is 208 g/mol. The third-order valence-electron chi connectivity index (χ3n) is 2.10. The van der Waals surface area contributed by atoms with Crippen molar-refractivity contribution in [2.45, 2.75) is 33.3 Å². The first-order valence-corrected chi connectivity index (χ1v) is 6.29. The molecule has 0 unspecified atom stereocenters. The van der Waals surface area contributed by atoms with Gasteiger partial charge in [0.1, 0.15) is 0 Å². The third kappa shape index (κ3) is 5.25. The maximum Gasteiger partial charge on any atom is 0.0797 e. The Balaban J connectivity index is 2.00. The Morgan fingerprint density at radius 1 is 1.47 bits per heavy atom. The fourth-order valence-electron chi connectivity index (χ4n) is 1.26. The monoisotopic (exact) mass is 228 g/mol. The summed E-state index contributed by atoms with van der Waals surface area (Å²) in [6.45, 7) is 8.90. The number of thiazole rings is 1. The first kappa shape index (κ1) is 12.6. The zero-order valence-corrected chi connectivity index (χ0v) is 10.6. The van der Waals surface area contributed by atoms with E-state index in [2.05, 4.69) is 31.1 Å². The quantitative estimate of drug-likeness (QED) is 0.725. The highest BCUT2D eigenvalue weighted by atomic mass is 32.1. The summed E-state index contributed by atoms with van der Waals surface area (Å²) in [5.74, 6) is 0. The van der Waals surface area contributed by atoms with Gasteiger partial charge in [-0.1, -0.05) is 0 Å². The summed E-state index contributed by atoms with van der Waals surface area (Å²) in [5.41, 5.74) is 3.08. The van der Waals surface area contributed by atoms with Gasteiger partial charge >= 0.3 is 0 Å². The van der Waals surface area contributed by atoms with Gasteiger partial charge in [-0.05, 0) is 27.2 Å². The van der Waals surface area contributed by atoms with Crippen molar-refractivity contribution in [1.82, 2.24) is 10.3 Å². The Morgan fingerprint density at radius 2 is 2.27 bits per heavy atom. The predicted molar refractivity (Wildman–Crippen MR) is 64.5 cm³/mol. The number of nitrogens with zero attached hydrogens (tertiary/aromatic N) is 1. The molecule has 1 heterocycles. The molecule has 0 fully saturated rings. The minimum Gasteiger partial charge on any atom is -0.377 e. The molecule has 1 rings (SSSR count). The molecule has 0 saturated heterocycles. The summed E-state index contributed by atoms with van der Waals surface area (Å²) >= 11 is 1.74. The van der Waals surface area contributed by atoms with Crippen LogP contribution in [-0.2, 0) is 11.2 Å². The summed E-state index contributed by atoms with van der Waals surface area (Å²) in [5, 5.41) is 3.36. The highest BCUT2D eigenvalue weighted by molar-refractivity contribution is 7.09. The molecule has 1 aromatic heterocycles. The lowest BCUT2D eigenvalue weighted by Gasteiger charge is -2.08. The molecule has 0 aliphatic carbocycles. The fraction of sp³-hybridized carbons (Fsp3) is 0.727. The minimum atomic E-state index is 0.329. The van der Waals surface area contributed by atoms with Crippen LogP contribution in [0.25, 0.3) is 0 Å². The number of rotatable bonds is 7. The summed E-state index contributed by atoms with van der Waals surface area (Å²) in [6, 6.07) is 0. The van der Waals surface area contributed by atoms with Crippen molar-refractivity contribution in [2.24, 2.45) is 0 Å². The molecule has 0 saturated carbocycles. The van der Waals surface area contributed by atoms with E-state index in [0.29, 0.717) is 6.10 Å². The molecule has 0 aliphatic rings. The van der Waals surface area contributed by atoms with E-state index in [1.54, 1.807) is 11.3 Å². The Bertz CT molecular complexity index is 273. The van der Waals surface area contributed by atoms with Crippen LogP contribution in [-0.4, -0.2) is 30.8 Å². The van der Waals surface area contributed by atoms with Crippen LogP contribution in [0.15, 0.2) is 5.51 Å². The average Bonchev–Trinajstić information content (AvgIpc) is 2.57. The first-order chi connectivity index (χ1) is 7.20. The molecule has 0 spiro atoms. The summed E-state index contributed by atoms with van der Waals surface area (Å²) < 4.78 is 5.43. The Kier molecular flexibility index (Phi) is 5.83. The standard InChI is InChI=1S/C11H20N2OS/c1-9(2)14-7-6-12-5-4-11-10(3)13-8-15-11/h8-9,12H,4-7H2,1-3H3. The van der Waals surface area contributed by atoms with Gasteiger partial charge in [-0.25, -0.2) is 4.98 Å². The van der Waals surface area contributed by atoms with Crippen LogP contribution in [0.2, 0.25) is 0 Å². The Labute approximate surface area is 95.9 Å². The first-order valence-electron chi connectivity index (χ1n) is 5.41. The highest BCUT2D eigenvalue weighted by Crippen LogP contribution is 2.11. The smallest absolute Gasteiger partial charge is 0.0797 e. The molecule has 1 aromatic rings. The molecule has 0 radical (unpaired) electrons. The van der Waals surface area contributed by atoms with Crippen molar-refractivity contribution in [1.29, 1.82) is 0 Å². The van der Waals surface area contributed by atoms with Crippen LogP contribution in [0.1, 0.15) is 24.4 Å². The van der Waals surface area contributed by atoms with E-state index < -0.39 is 0 Å². The van der Waals surface area contributed by atoms with Gasteiger partial charge in [0.15, 0.2) is 0 Å². The highest BCUT2D eigenvalue weighted by Gasteiger charge is 2.00. The average molecular weight is 228 g/mol. The zero-order chi connectivity index (χ0) is 11.1. The Hall–Kier alpha value is -0.450. The topological polar surface area (TPSA) is 34.2 Å². The Morgan fingerprint density at radius 3 is 2.87 bits per heavy atom. The largest absolute Gasteiger partial charge is 0.377 e. The van der Waals surface area contributed by atoms with Gasteiger partial charge in [0.05, 0.1) is 23.9 Å². The summed E-state index contributed by atoms with van der Waals surface area (Å²) in [7, 11) is 0. The van der Waals surface area contributed by atoms with Crippen LogP contribution in [0, 0.1) is 6.92 Å². The van der Waals surface area contributed by atoms with Crippen LogP contribution in [0.5, 0.6) is 0 Å². The molecule has 0 aliphatic heterocycles. The molecule has 15 heavy (non-hydrogen) atoms. The van der Waals surface area contributed by atoms with E-state index in [1.807, 2.05) is 5.51 Å². The number of hydrogen-bond acceptors (Lipinski definition) is 4. The summed E-state index contributed by atoms with van der Waals surface area (Å²) in [6.07, 6.45) is 1.40. The fourth-order valence-corrected chi connectivity index (χ4v) is 2.04. The molecule has 1 N–H and O–H groups in total. The maximum absolute atomic E-state index is 5.43. The van der Waals surface area contributed by atoms with Gasteiger partial charge in [0, 0.05) is 18.0 Å². The number of aromatic nitrogens is 1. The van der Waals surface area contributed by atoms with Gasteiger partial charge in [-0.2, -0.15) is 0 Å². The molecular formula is C11H20N2OS. The van der Waals surface area contributed by atoms with Crippen LogP contribution >= 0.6 is 11.3 Å². The van der Waals surface area contributed by atoms with Crippen molar-refractivity contribution in [3.8, 4) is 0 Å². The van der Waals surface area contributed by atoms with Crippen LogP contribution in [0.3, 0.4) is 0 Å². The van der Waals surface area contributed by atoms with Crippen molar-refractivity contribution >= 4 is 11.3 Å². The SMILES string of the molecule is Cc1ncsc1CCNCCOC(C)C. The lowest BCUT2D eigenvalue weighted by Crippen LogP contribution is -2.23. The van der Waals surface area contributed by atoms with E-state index in [1.165, 1.54) is 10.6 Å². The molecule has 86 valence electrons. The summed E-state index contributed by atoms with van der Waals surface area (Å²) in [4.78, 5) is 5.60. The van der Waals surface area contributed by atoms with Crippen LogP contribution in [0.4, 0.5) is 0 Å². The molecule has 3 nitrogen and oxygen atoms in total. The maximum atomic E-state index is 5.43.